The van der Waals surface area contributed by atoms with E-state index < -0.39 is 18.0 Å². The van der Waals surface area contributed by atoms with Crippen LogP contribution in [0.15, 0.2) is 0 Å². The normalized spacial score (nSPS) is 11.9. The zero-order valence-corrected chi connectivity index (χ0v) is 12.8. The number of nitrogens with zero attached hydrogens (tertiary/aromatic N) is 2. The van der Waals surface area contributed by atoms with Gasteiger partial charge in [0.05, 0.1) is 0 Å². The standard InChI is InChI=1S/C13H25N3O4/c1-6-10(12(18)19)16(5)13(20)15(4)8-11(17)14-7-9(2)3/h9-10H,6-8H2,1-5H3,(H,14,17)(H,18,19). The molecule has 20 heavy (non-hydrogen) atoms. The smallest absolute Gasteiger partial charge is 0.326 e. The summed E-state index contributed by atoms with van der Waals surface area (Å²) < 4.78 is 0. The molecule has 0 rings (SSSR count). The van der Waals surface area contributed by atoms with Gasteiger partial charge in [-0.3, -0.25) is 4.79 Å². The van der Waals surface area contributed by atoms with Crippen LogP contribution in [0.25, 0.3) is 0 Å². The average Bonchev–Trinajstić information content (AvgIpc) is 2.35. The van der Waals surface area contributed by atoms with Crippen molar-refractivity contribution in [1.29, 1.82) is 0 Å². The molecule has 0 heterocycles. The minimum absolute atomic E-state index is 0.0913. The largest absolute Gasteiger partial charge is 0.480 e. The number of amides is 3. The van der Waals surface area contributed by atoms with Crippen LogP contribution in [0.3, 0.4) is 0 Å². The Kier molecular flexibility index (Phi) is 7.64. The second-order valence-corrected chi connectivity index (χ2v) is 5.21. The SMILES string of the molecule is CCC(C(=O)O)N(C)C(=O)N(C)CC(=O)NCC(C)C. The summed E-state index contributed by atoms with van der Waals surface area (Å²) in [5.74, 6) is -0.980. The summed E-state index contributed by atoms with van der Waals surface area (Å²) in [6, 6.07) is -1.37. The topological polar surface area (TPSA) is 90.0 Å². The van der Waals surface area contributed by atoms with E-state index in [1.807, 2.05) is 13.8 Å². The highest BCUT2D eigenvalue weighted by Gasteiger charge is 2.27. The highest BCUT2D eigenvalue weighted by molar-refractivity contribution is 5.86. The predicted molar refractivity (Wildman–Crippen MR) is 75.4 cm³/mol. The number of hydrogen-bond donors (Lipinski definition) is 2. The van der Waals surface area contributed by atoms with Crippen LogP contribution in [0.2, 0.25) is 0 Å². The Balaban J connectivity index is 4.46. The van der Waals surface area contributed by atoms with E-state index in [4.69, 9.17) is 5.11 Å². The molecule has 7 heteroatoms. The number of likely N-dealkylation sites (N-methyl/N-ethyl adjacent to an activating group) is 2. The Morgan fingerprint density at radius 1 is 1.20 bits per heavy atom. The summed E-state index contributed by atoms with van der Waals surface area (Å²) >= 11 is 0. The van der Waals surface area contributed by atoms with Crippen molar-refractivity contribution >= 4 is 17.9 Å². The quantitative estimate of drug-likeness (QED) is 0.717. The van der Waals surface area contributed by atoms with Crippen molar-refractivity contribution in [2.75, 3.05) is 27.2 Å². The van der Waals surface area contributed by atoms with Gasteiger partial charge in [-0.25, -0.2) is 9.59 Å². The Hall–Kier alpha value is -1.79. The van der Waals surface area contributed by atoms with Crippen molar-refractivity contribution < 1.29 is 19.5 Å². The van der Waals surface area contributed by atoms with Gasteiger partial charge in [-0.1, -0.05) is 20.8 Å². The second kappa shape index (κ2) is 8.39. The fourth-order valence-electron chi connectivity index (χ4n) is 1.67. The molecular weight excluding hydrogens is 262 g/mol. The highest BCUT2D eigenvalue weighted by Crippen LogP contribution is 2.05. The van der Waals surface area contributed by atoms with Crippen molar-refractivity contribution in [3.63, 3.8) is 0 Å². The van der Waals surface area contributed by atoms with E-state index >= 15 is 0 Å². The van der Waals surface area contributed by atoms with E-state index in [0.717, 1.165) is 4.90 Å². The third-order valence-electron chi connectivity index (χ3n) is 2.86. The van der Waals surface area contributed by atoms with Crippen LogP contribution in [0.1, 0.15) is 27.2 Å². The van der Waals surface area contributed by atoms with Crippen LogP contribution in [0.5, 0.6) is 0 Å². The minimum Gasteiger partial charge on any atom is -0.480 e. The molecule has 116 valence electrons. The molecule has 1 unspecified atom stereocenters. The first-order chi connectivity index (χ1) is 9.20. The lowest BCUT2D eigenvalue weighted by atomic mass is 10.2. The van der Waals surface area contributed by atoms with Gasteiger partial charge in [-0.05, 0) is 12.3 Å². The highest BCUT2D eigenvalue weighted by atomic mass is 16.4. The average molecular weight is 287 g/mol. The molecular formula is C13H25N3O4. The molecule has 1 atom stereocenters. The Morgan fingerprint density at radius 2 is 1.75 bits per heavy atom. The van der Waals surface area contributed by atoms with E-state index in [0.29, 0.717) is 18.9 Å². The van der Waals surface area contributed by atoms with E-state index in [-0.39, 0.29) is 12.5 Å². The van der Waals surface area contributed by atoms with Crippen LogP contribution in [-0.2, 0) is 9.59 Å². The molecule has 3 amide bonds. The van der Waals surface area contributed by atoms with Gasteiger partial charge in [0.25, 0.3) is 0 Å². The lowest BCUT2D eigenvalue weighted by molar-refractivity contribution is -0.142. The van der Waals surface area contributed by atoms with Crippen LogP contribution in [0.4, 0.5) is 4.79 Å². The van der Waals surface area contributed by atoms with Crippen molar-refractivity contribution in [2.24, 2.45) is 5.92 Å². The van der Waals surface area contributed by atoms with Crippen LogP contribution in [0, 0.1) is 5.92 Å². The van der Waals surface area contributed by atoms with Crippen molar-refractivity contribution in [3.05, 3.63) is 0 Å². The van der Waals surface area contributed by atoms with E-state index in [2.05, 4.69) is 5.32 Å². The summed E-state index contributed by atoms with van der Waals surface area (Å²) in [6.07, 6.45) is 0.310. The lowest BCUT2D eigenvalue weighted by Crippen LogP contribution is -2.50. The Bertz CT molecular complexity index is 358. The van der Waals surface area contributed by atoms with Crippen molar-refractivity contribution in [1.82, 2.24) is 15.1 Å². The van der Waals surface area contributed by atoms with Crippen LogP contribution < -0.4 is 5.32 Å². The van der Waals surface area contributed by atoms with Gasteiger partial charge in [0, 0.05) is 20.6 Å². The molecule has 0 saturated heterocycles. The first-order valence-corrected chi connectivity index (χ1v) is 6.68. The molecule has 0 aliphatic carbocycles. The zero-order chi connectivity index (χ0) is 15.9. The van der Waals surface area contributed by atoms with Crippen LogP contribution >= 0.6 is 0 Å². The number of hydrogen-bond acceptors (Lipinski definition) is 3. The third-order valence-corrected chi connectivity index (χ3v) is 2.86. The predicted octanol–water partition coefficient (Wildman–Crippen LogP) is 0.605. The lowest BCUT2D eigenvalue weighted by Gasteiger charge is -2.28. The van der Waals surface area contributed by atoms with Gasteiger partial charge in [-0.15, -0.1) is 0 Å². The number of carboxylic acid groups (broad SMARTS) is 1. The third kappa shape index (κ3) is 5.90. The molecule has 0 aromatic carbocycles. The Labute approximate surface area is 119 Å². The van der Waals surface area contributed by atoms with Gasteiger partial charge in [0.1, 0.15) is 12.6 Å². The van der Waals surface area contributed by atoms with Crippen LogP contribution in [-0.4, -0.2) is 66.0 Å². The maximum Gasteiger partial charge on any atom is 0.326 e. The molecule has 7 nitrogen and oxygen atoms in total. The molecule has 2 N–H and O–H groups in total. The first kappa shape index (κ1) is 18.2. The maximum atomic E-state index is 12.0. The van der Waals surface area contributed by atoms with E-state index in [1.54, 1.807) is 6.92 Å². The van der Waals surface area contributed by atoms with Gasteiger partial charge < -0.3 is 20.2 Å². The molecule has 0 bridgehead atoms. The molecule has 0 saturated carbocycles. The molecule has 0 radical (unpaired) electrons. The Morgan fingerprint density at radius 3 is 2.15 bits per heavy atom. The number of carbonyl (C=O) groups excluding carboxylic acids is 2. The molecule has 0 aromatic rings. The van der Waals surface area contributed by atoms with Gasteiger partial charge in [0.2, 0.25) is 5.91 Å². The molecule has 0 aromatic heterocycles. The number of rotatable bonds is 7. The summed E-state index contributed by atoms with van der Waals surface area (Å²) in [7, 11) is 2.90. The number of carbonyl (C=O) groups is 3. The summed E-state index contributed by atoms with van der Waals surface area (Å²) in [6.45, 7) is 6.09. The minimum atomic E-state index is -1.05. The zero-order valence-electron chi connectivity index (χ0n) is 12.8. The molecule has 0 aliphatic heterocycles. The number of aliphatic carboxylic acids is 1. The summed E-state index contributed by atoms with van der Waals surface area (Å²) in [5.41, 5.74) is 0. The van der Waals surface area contributed by atoms with Gasteiger partial charge in [-0.2, -0.15) is 0 Å². The molecule has 0 aliphatic rings. The van der Waals surface area contributed by atoms with Gasteiger partial charge >= 0.3 is 12.0 Å². The monoisotopic (exact) mass is 287 g/mol. The fourth-order valence-corrected chi connectivity index (χ4v) is 1.67. The van der Waals surface area contributed by atoms with E-state index in [9.17, 15) is 14.4 Å². The van der Waals surface area contributed by atoms with E-state index in [1.165, 1.54) is 19.0 Å². The fraction of sp³-hybridized carbons (Fsp3) is 0.769. The summed E-state index contributed by atoms with van der Waals surface area (Å²) in [4.78, 5) is 37.0. The second-order valence-electron chi connectivity index (χ2n) is 5.21. The molecule has 0 spiro atoms. The first-order valence-electron chi connectivity index (χ1n) is 6.68. The number of urea groups is 1. The summed E-state index contributed by atoms with van der Waals surface area (Å²) in [5, 5.41) is 11.7. The van der Waals surface area contributed by atoms with Gasteiger partial charge in [0.15, 0.2) is 0 Å². The van der Waals surface area contributed by atoms with Crippen molar-refractivity contribution in [2.45, 2.75) is 33.2 Å². The van der Waals surface area contributed by atoms with Crippen molar-refractivity contribution in [3.8, 4) is 0 Å². The number of nitrogens with one attached hydrogen (secondary N) is 1. The maximum absolute atomic E-state index is 12.0. The number of carboxylic acids is 1. The molecule has 0 fully saturated rings.